The van der Waals surface area contributed by atoms with E-state index >= 15 is 0 Å². The normalized spacial score (nSPS) is 11.0. The van der Waals surface area contributed by atoms with E-state index < -0.39 is 10.0 Å². The highest BCUT2D eigenvalue weighted by molar-refractivity contribution is 7.92. The van der Waals surface area contributed by atoms with Crippen LogP contribution in [0.3, 0.4) is 0 Å². The van der Waals surface area contributed by atoms with E-state index in [0.29, 0.717) is 23.8 Å². The Morgan fingerprint density at radius 3 is 2.52 bits per heavy atom. The lowest BCUT2D eigenvalue weighted by molar-refractivity contribution is -0.123. The number of rotatable bonds is 10. The van der Waals surface area contributed by atoms with Gasteiger partial charge in [0.15, 0.2) is 6.61 Å². The first-order valence-electron chi connectivity index (χ1n) is 9.34. The Kier molecular flexibility index (Phi) is 7.43. The number of carbonyl (C=O) groups is 1. The summed E-state index contributed by atoms with van der Waals surface area (Å²) in [6.45, 7) is 2.33. The van der Waals surface area contributed by atoms with Crippen molar-refractivity contribution < 1.29 is 27.1 Å². The van der Waals surface area contributed by atoms with Crippen molar-refractivity contribution in [2.75, 3.05) is 17.9 Å². The Morgan fingerprint density at radius 1 is 1.10 bits per heavy atom. The summed E-state index contributed by atoms with van der Waals surface area (Å²) in [5.41, 5.74) is 0.383. The highest BCUT2D eigenvalue weighted by Gasteiger charge is 2.17. The van der Waals surface area contributed by atoms with E-state index in [4.69, 9.17) is 25.5 Å². The maximum absolute atomic E-state index is 12.6. The van der Waals surface area contributed by atoms with Crippen LogP contribution >= 0.6 is 11.6 Å². The SMILES string of the molecule is CCOc1ccc(NS(=O)(=O)c2ccc(OCC(=O)NCc3ccco3)c(Cl)c2)cc1. The molecule has 0 spiro atoms. The van der Waals surface area contributed by atoms with E-state index in [2.05, 4.69) is 10.0 Å². The lowest BCUT2D eigenvalue weighted by Gasteiger charge is -2.12. The van der Waals surface area contributed by atoms with Crippen molar-refractivity contribution in [1.29, 1.82) is 0 Å². The molecule has 0 unspecified atom stereocenters. The van der Waals surface area contributed by atoms with Gasteiger partial charge in [-0.2, -0.15) is 0 Å². The van der Waals surface area contributed by atoms with Crippen LogP contribution in [0.25, 0.3) is 0 Å². The Labute approximate surface area is 185 Å². The van der Waals surface area contributed by atoms with Crippen molar-refractivity contribution in [1.82, 2.24) is 5.32 Å². The summed E-state index contributed by atoms with van der Waals surface area (Å²) in [5.74, 6) is 1.07. The lowest BCUT2D eigenvalue weighted by atomic mass is 10.3. The van der Waals surface area contributed by atoms with Crippen LogP contribution in [-0.2, 0) is 21.4 Å². The number of hydrogen-bond donors (Lipinski definition) is 2. The van der Waals surface area contributed by atoms with E-state index in [1.54, 1.807) is 36.4 Å². The van der Waals surface area contributed by atoms with Gasteiger partial charge >= 0.3 is 0 Å². The first kappa shape index (κ1) is 22.5. The minimum Gasteiger partial charge on any atom is -0.494 e. The second-order valence-electron chi connectivity index (χ2n) is 6.30. The summed E-state index contributed by atoms with van der Waals surface area (Å²) in [6.07, 6.45) is 1.51. The van der Waals surface area contributed by atoms with Crippen LogP contribution < -0.4 is 19.5 Å². The summed E-state index contributed by atoms with van der Waals surface area (Å²) < 4.78 is 43.6. The molecule has 3 rings (SSSR count). The molecule has 164 valence electrons. The molecule has 0 aliphatic carbocycles. The molecular formula is C21H21ClN2O6S. The molecule has 0 saturated heterocycles. The van der Waals surface area contributed by atoms with Crippen LogP contribution in [0.4, 0.5) is 5.69 Å². The third-order valence-corrected chi connectivity index (χ3v) is 5.70. The highest BCUT2D eigenvalue weighted by Crippen LogP contribution is 2.28. The van der Waals surface area contributed by atoms with Crippen molar-refractivity contribution in [3.63, 3.8) is 0 Å². The number of furan rings is 1. The molecule has 1 aromatic heterocycles. The fourth-order valence-electron chi connectivity index (χ4n) is 2.56. The van der Waals surface area contributed by atoms with Gasteiger partial charge in [0.05, 0.1) is 29.3 Å². The van der Waals surface area contributed by atoms with Crippen molar-refractivity contribution in [3.05, 3.63) is 71.6 Å². The van der Waals surface area contributed by atoms with Gasteiger partial charge in [-0.1, -0.05) is 11.6 Å². The number of ether oxygens (including phenoxy) is 2. The van der Waals surface area contributed by atoms with E-state index in [1.807, 2.05) is 6.92 Å². The summed E-state index contributed by atoms with van der Waals surface area (Å²) >= 11 is 6.16. The molecule has 10 heteroatoms. The van der Waals surface area contributed by atoms with Crippen LogP contribution in [0.2, 0.25) is 5.02 Å². The molecule has 3 aromatic rings. The molecule has 0 atom stereocenters. The molecule has 0 bridgehead atoms. The predicted octanol–water partition coefficient (Wildman–Crippen LogP) is 3.83. The maximum atomic E-state index is 12.6. The quantitative estimate of drug-likeness (QED) is 0.472. The number of benzene rings is 2. The Bertz CT molecular complexity index is 1120. The first-order chi connectivity index (χ1) is 14.9. The van der Waals surface area contributed by atoms with Gasteiger partial charge < -0.3 is 19.2 Å². The van der Waals surface area contributed by atoms with Gasteiger partial charge in [0.1, 0.15) is 17.3 Å². The second kappa shape index (κ2) is 10.2. The molecule has 0 fully saturated rings. The van der Waals surface area contributed by atoms with Gasteiger partial charge in [0.25, 0.3) is 15.9 Å². The summed E-state index contributed by atoms with van der Waals surface area (Å²) in [4.78, 5) is 11.8. The molecule has 8 nitrogen and oxygen atoms in total. The standard InChI is InChI=1S/C21H21ClN2O6S/c1-2-28-16-7-5-15(6-8-16)24-31(26,27)18-9-10-20(19(22)12-18)30-14-21(25)23-13-17-4-3-11-29-17/h3-12,24H,2,13-14H2,1H3,(H,23,25). The molecule has 0 saturated carbocycles. The van der Waals surface area contributed by atoms with E-state index in [1.165, 1.54) is 24.5 Å². The Morgan fingerprint density at radius 2 is 1.87 bits per heavy atom. The fourth-order valence-corrected chi connectivity index (χ4v) is 3.94. The average molecular weight is 465 g/mol. The molecule has 0 aliphatic heterocycles. The van der Waals surface area contributed by atoms with Gasteiger partial charge in [0.2, 0.25) is 0 Å². The number of sulfonamides is 1. The van der Waals surface area contributed by atoms with Gasteiger partial charge in [-0.15, -0.1) is 0 Å². The van der Waals surface area contributed by atoms with Crippen LogP contribution in [0.1, 0.15) is 12.7 Å². The third-order valence-electron chi connectivity index (χ3n) is 4.03. The molecular weight excluding hydrogens is 444 g/mol. The lowest BCUT2D eigenvalue weighted by Crippen LogP contribution is -2.28. The monoisotopic (exact) mass is 464 g/mol. The maximum Gasteiger partial charge on any atom is 0.261 e. The molecule has 31 heavy (non-hydrogen) atoms. The predicted molar refractivity (Wildman–Crippen MR) is 116 cm³/mol. The van der Waals surface area contributed by atoms with Crippen LogP contribution in [-0.4, -0.2) is 27.5 Å². The third kappa shape index (κ3) is 6.40. The smallest absolute Gasteiger partial charge is 0.261 e. The van der Waals surface area contributed by atoms with Crippen molar-refractivity contribution in [3.8, 4) is 11.5 Å². The highest BCUT2D eigenvalue weighted by atomic mass is 35.5. The van der Waals surface area contributed by atoms with Crippen molar-refractivity contribution >= 4 is 33.2 Å². The second-order valence-corrected chi connectivity index (χ2v) is 8.39. The Balaban J connectivity index is 1.58. The number of nitrogens with one attached hydrogen (secondary N) is 2. The molecule has 2 N–H and O–H groups in total. The average Bonchev–Trinajstić information content (AvgIpc) is 3.26. The van der Waals surface area contributed by atoms with E-state index in [0.717, 1.165) is 0 Å². The minimum absolute atomic E-state index is 0.0407. The van der Waals surface area contributed by atoms with Crippen molar-refractivity contribution in [2.45, 2.75) is 18.4 Å². The first-order valence-corrected chi connectivity index (χ1v) is 11.2. The summed E-state index contributed by atoms with van der Waals surface area (Å²) in [5, 5.41) is 2.70. The zero-order valence-corrected chi connectivity index (χ0v) is 18.2. The van der Waals surface area contributed by atoms with E-state index in [-0.39, 0.29) is 34.7 Å². The summed E-state index contributed by atoms with van der Waals surface area (Å²) in [7, 11) is -3.86. The number of amides is 1. The van der Waals surface area contributed by atoms with Gasteiger partial charge in [0, 0.05) is 5.69 Å². The minimum atomic E-state index is -3.86. The van der Waals surface area contributed by atoms with Crippen LogP contribution in [0.5, 0.6) is 11.5 Å². The molecule has 0 radical (unpaired) electrons. The number of halogens is 1. The largest absolute Gasteiger partial charge is 0.494 e. The molecule has 0 aliphatic rings. The zero-order chi connectivity index (χ0) is 22.3. The number of anilines is 1. The van der Waals surface area contributed by atoms with Crippen LogP contribution in [0.15, 0.2) is 70.2 Å². The number of carbonyl (C=O) groups excluding carboxylic acids is 1. The van der Waals surface area contributed by atoms with Crippen molar-refractivity contribution in [2.24, 2.45) is 0 Å². The molecule has 1 amide bonds. The fraction of sp³-hybridized carbons (Fsp3) is 0.190. The summed E-state index contributed by atoms with van der Waals surface area (Å²) in [6, 6.07) is 14.0. The topological polar surface area (TPSA) is 107 Å². The number of hydrogen-bond acceptors (Lipinski definition) is 6. The van der Waals surface area contributed by atoms with Gasteiger partial charge in [-0.05, 0) is 61.5 Å². The molecule has 1 heterocycles. The molecule has 2 aromatic carbocycles. The van der Waals surface area contributed by atoms with Gasteiger partial charge in [-0.25, -0.2) is 8.42 Å². The Hall–Kier alpha value is -3.17. The van der Waals surface area contributed by atoms with E-state index in [9.17, 15) is 13.2 Å². The van der Waals surface area contributed by atoms with Gasteiger partial charge in [-0.3, -0.25) is 9.52 Å². The van der Waals surface area contributed by atoms with Crippen LogP contribution in [0, 0.1) is 0 Å². The zero-order valence-electron chi connectivity index (χ0n) is 16.6.